The number of hydrogen-bond acceptors (Lipinski definition) is 6. The molecular weight excluding hydrogens is 320 g/mol. The standard InChI is InChI=1S/C18H16N4OS/c1-3-11-12(8-19)17(21)22-18-13(11)14(20)16(24-18)15(23)10-6-4-9(2)5-7-10/h4-7H,3,20H2,1-2H3,(H2,21,22). The van der Waals surface area contributed by atoms with Gasteiger partial charge in [-0.25, -0.2) is 4.98 Å². The molecule has 1 aromatic carbocycles. The van der Waals surface area contributed by atoms with Crippen molar-refractivity contribution < 1.29 is 4.79 Å². The largest absolute Gasteiger partial charge is 0.397 e. The van der Waals surface area contributed by atoms with Gasteiger partial charge in [0.15, 0.2) is 0 Å². The Bertz CT molecular complexity index is 997. The van der Waals surface area contributed by atoms with Crippen LogP contribution in [0.1, 0.15) is 38.8 Å². The molecule has 3 rings (SSSR count). The van der Waals surface area contributed by atoms with Crippen molar-refractivity contribution in [2.75, 3.05) is 11.5 Å². The van der Waals surface area contributed by atoms with Gasteiger partial charge in [-0.05, 0) is 18.9 Å². The second-order valence-electron chi connectivity index (χ2n) is 5.54. The Hall–Kier alpha value is -2.91. The molecule has 0 saturated heterocycles. The van der Waals surface area contributed by atoms with Gasteiger partial charge in [0.25, 0.3) is 0 Å². The van der Waals surface area contributed by atoms with Crippen molar-refractivity contribution in [1.29, 1.82) is 5.26 Å². The fourth-order valence-electron chi connectivity index (χ4n) is 2.73. The lowest BCUT2D eigenvalue weighted by atomic mass is 10.0. The van der Waals surface area contributed by atoms with Gasteiger partial charge in [-0.15, -0.1) is 11.3 Å². The van der Waals surface area contributed by atoms with Crippen LogP contribution in [0, 0.1) is 18.3 Å². The number of aryl methyl sites for hydroxylation is 2. The van der Waals surface area contributed by atoms with E-state index in [2.05, 4.69) is 11.1 Å². The molecule has 2 heterocycles. The number of nitrogens with zero attached hydrogens (tertiary/aromatic N) is 2. The van der Waals surface area contributed by atoms with Gasteiger partial charge < -0.3 is 11.5 Å². The Morgan fingerprint density at radius 2 is 1.96 bits per heavy atom. The minimum Gasteiger partial charge on any atom is -0.397 e. The summed E-state index contributed by atoms with van der Waals surface area (Å²) in [5, 5.41) is 10.00. The molecule has 0 aliphatic heterocycles. The molecule has 5 nitrogen and oxygen atoms in total. The van der Waals surface area contributed by atoms with E-state index in [0.29, 0.717) is 38.3 Å². The average molecular weight is 336 g/mol. The van der Waals surface area contributed by atoms with Gasteiger partial charge >= 0.3 is 0 Å². The van der Waals surface area contributed by atoms with Crippen molar-refractivity contribution in [3.63, 3.8) is 0 Å². The molecule has 0 amide bonds. The molecule has 0 saturated carbocycles. The lowest BCUT2D eigenvalue weighted by molar-refractivity contribution is 0.104. The third kappa shape index (κ3) is 2.39. The number of aromatic nitrogens is 1. The lowest BCUT2D eigenvalue weighted by Gasteiger charge is -2.06. The highest BCUT2D eigenvalue weighted by atomic mass is 32.1. The number of nitrogen functional groups attached to an aromatic ring is 2. The summed E-state index contributed by atoms with van der Waals surface area (Å²) in [5.74, 6) is 0.0343. The number of benzene rings is 1. The Balaban J connectivity index is 2.24. The van der Waals surface area contributed by atoms with E-state index < -0.39 is 0 Å². The number of hydrogen-bond donors (Lipinski definition) is 2. The van der Waals surface area contributed by atoms with Gasteiger partial charge in [0.1, 0.15) is 21.6 Å². The van der Waals surface area contributed by atoms with Gasteiger partial charge in [0.2, 0.25) is 5.78 Å². The van der Waals surface area contributed by atoms with Crippen LogP contribution < -0.4 is 11.5 Å². The monoisotopic (exact) mass is 336 g/mol. The van der Waals surface area contributed by atoms with Crippen LogP contribution in [-0.4, -0.2) is 10.8 Å². The van der Waals surface area contributed by atoms with Crippen molar-refractivity contribution >= 4 is 38.8 Å². The quantitative estimate of drug-likeness (QED) is 0.713. The summed E-state index contributed by atoms with van der Waals surface area (Å²) in [7, 11) is 0. The van der Waals surface area contributed by atoms with Crippen molar-refractivity contribution in [3.05, 3.63) is 51.4 Å². The first-order valence-corrected chi connectivity index (χ1v) is 8.31. The fourth-order valence-corrected chi connectivity index (χ4v) is 3.82. The summed E-state index contributed by atoms with van der Waals surface area (Å²) < 4.78 is 0. The predicted molar refractivity (Wildman–Crippen MR) is 97.1 cm³/mol. The second-order valence-corrected chi connectivity index (χ2v) is 6.54. The zero-order valence-corrected chi connectivity index (χ0v) is 14.2. The molecule has 120 valence electrons. The summed E-state index contributed by atoms with van der Waals surface area (Å²) >= 11 is 1.22. The number of anilines is 2. The van der Waals surface area contributed by atoms with Crippen molar-refractivity contribution in [3.8, 4) is 6.07 Å². The Morgan fingerprint density at radius 1 is 1.29 bits per heavy atom. The normalized spacial score (nSPS) is 10.7. The first-order valence-electron chi connectivity index (χ1n) is 7.49. The first kappa shape index (κ1) is 16.0. The molecule has 0 fully saturated rings. The van der Waals surface area contributed by atoms with Gasteiger partial charge in [0.05, 0.1) is 11.3 Å². The smallest absolute Gasteiger partial charge is 0.205 e. The maximum absolute atomic E-state index is 12.8. The molecule has 0 aliphatic carbocycles. The van der Waals surface area contributed by atoms with E-state index in [1.807, 2.05) is 26.0 Å². The van der Waals surface area contributed by atoms with E-state index in [1.165, 1.54) is 11.3 Å². The number of nitrogens with two attached hydrogens (primary N) is 2. The first-order chi connectivity index (χ1) is 11.5. The number of pyridine rings is 1. The molecule has 0 unspecified atom stereocenters. The molecule has 0 radical (unpaired) electrons. The Kier molecular flexibility index (Phi) is 3.96. The van der Waals surface area contributed by atoms with Crippen LogP contribution in [0.3, 0.4) is 0 Å². The Labute approximate surface area is 143 Å². The highest BCUT2D eigenvalue weighted by molar-refractivity contribution is 7.21. The third-order valence-electron chi connectivity index (χ3n) is 3.99. The van der Waals surface area contributed by atoms with Crippen LogP contribution in [-0.2, 0) is 6.42 Å². The van der Waals surface area contributed by atoms with E-state index in [1.54, 1.807) is 12.1 Å². The van der Waals surface area contributed by atoms with Crippen LogP contribution >= 0.6 is 11.3 Å². The SMILES string of the molecule is CCc1c(C#N)c(N)nc2sc(C(=O)c3ccc(C)cc3)c(N)c12. The third-order valence-corrected chi connectivity index (χ3v) is 5.09. The molecule has 4 N–H and O–H groups in total. The van der Waals surface area contributed by atoms with E-state index in [9.17, 15) is 10.1 Å². The summed E-state index contributed by atoms with van der Waals surface area (Å²) in [6, 6.07) is 9.43. The van der Waals surface area contributed by atoms with E-state index in [4.69, 9.17) is 11.5 Å². The summed E-state index contributed by atoms with van der Waals surface area (Å²) in [6.45, 7) is 3.89. The number of nitriles is 1. The van der Waals surface area contributed by atoms with E-state index in [-0.39, 0.29) is 11.6 Å². The summed E-state index contributed by atoms with van der Waals surface area (Å²) in [5.41, 5.74) is 15.3. The van der Waals surface area contributed by atoms with E-state index in [0.717, 1.165) is 11.1 Å². The molecule has 24 heavy (non-hydrogen) atoms. The van der Waals surface area contributed by atoms with Crippen LogP contribution in [0.25, 0.3) is 10.2 Å². The Morgan fingerprint density at radius 3 is 2.54 bits per heavy atom. The van der Waals surface area contributed by atoms with Crippen LogP contribution in [0.5, 0.6) is 0 Å². The van der Waals surface area contributed by atoms with E-state index >= 15 is 0 Å². The molecule has 3 aromatic rings. The van der Waals surface area contributed by atoms with Crippen LogP contribution in [0.15, 0.2) is 24.3 Å². The summed E-state index contributed by atoms with van der Waals surface area (Å²) in [6.07, 6.45) is 0.589. The van der Waals surface area contributed by atoms with Gasteiger partial charge in [-0.2, -0.15) is 5.26 Å². The second kappa shape index (κ2) is 5.95. The van der Waals surface area contributed by atoms with Crippen molar-refractivity contribution in [2.24, 2.45) is 0 Å². The molecule has 0 atom stereocenters. The molecule has 0 spiro atoms. The highest BCUT2D eigenvalue weighted by Crippen LogP contribution is 2.38. The molecular formula is C18H16N4OS. The lowest BCUT2D eigenvalue weighted by Crippen LogP contribution is -2.03. The fraction of sp³-hybridized carbons (Fsp3) is 0.167. The van der Waals surface area contributed by atoms with Gasteiger partial charge in [0, 0.05) is 10.9 Å². The van der Waals surface area contributed by atoms with Crippen molar-refractivity contribution in [2.45, 2.75) is 20.3 Å². The topological polar surface area (TPSA) is 106 Å². The molecule has 2 aromatic heterocycles. The number of thiophene rings is 1. The van der Waals surface area contributed by atoms with Gasteiger partial charge in [-0.1, -0.05) is 36.8 Å². The minimum absolute atomic E-state index is 0.144. The minimum atomic E-state index is -0.144. The maximum Gasteiger partial charge on any atom is 0.205 e. The zero-order valence-electron chi connectivity index (χ0n) is 13.4. The number of ketones is 1. The molecule has 0 aliphatic rings. The van der Waals surface area contributed by atoms with Crippen LogP contribution in [0.4, 0.5) is 11.5 Å². The molecule has 6 heteroatoms. The number of carbonyl (C=O) groups is 1. The number of fused-ring (bicyclic) bond motifs is 1. The van der Waals surface area contributed by atoms with Gasteiger partial charge in [-0.3, -0.25) is 4.79 Å². The van der Waals surface area contributed by atoms with Crippen LogP contribution in [0.2, 0.25) is 0 Å². The predicted octanol–water partition coefficient (Wildman–Crippen LogP) is 3.43. The number of carbonyl (C=O) groups excluding carboxylic acids is 1. The zero-order chi connectivity index (χ0) is 17.4. The molecule has 0 bridgehead atoms. The average Bonchev–Trinajstić information content (AvgIpc) is 2.90. The van der Waals surface area contributed by atoms with Crippen molar-refractivity contribution in [1.82, 2.24) is 4.98 Å². The highest BCUT2D eigenvalue weighted by Gasteiger charge is 2.23. The maximum atomic E-state index is 12.8. The number of rotatable bonds is 3. The summed E-state index contributed by atoms with van der Waals surface area (Å²) in [4.78, 5) is 18.1.